The summed E-state index contributed by atoms with van der Waals surface area (Å²) >= 11 is 1.90. The number of hydrogen-bond donors (Lipinski definition) is 3. The Morgan fingerprint density at radius 1 is 1.15 bits per heavy atom. The summed E-state index contributed by atoms with van der Waals surface area (Å²) in [5, 5.41) is 12.3. The van der Waals surface area contributed by atoms with Crippen LogP contribution in [0.15, 0.2) is 30.3 Å². The Bertz CT molecular complexity index is 968. The number of rotatable bonds is 7. The highest BCUT2D eigenvalue weighted by molar-refractivity contribution is 14.1. The van der Waals surface area contributed by atoms with E-state index in [1.54, 1.807) is 6.07 Å². The smallest absolute Gasteiger partial charge is 0.214 e. The molecular weight excluding hydrogens is 496 g/mol. The highest BCUT2D eigenvalue weighted by Crippen LogP contribution is 2.32. The van der Waals surface area contributed by atoms with Gasteiger partial charge < -0.3 is 10.4 Å². The summed E-state index contributed by atoms with van der Waals surface area (Å²) in [7, 11) is -3.55. The molecule has 10 heteroatoms. The minimum atomic E-state index is -3.55. The lowest BCUT2D eigenvalue weighted by atomic mass is 10.1. The van der Waals surface area contributed by atoms with E-state index in [1.807, 2.05) is 22.6 Å². The third-order valence-electron chi connectivity index (χ3n) is 4.12. The zero-order valence-corrected chi connectivity index (χ0v) is 16.8. The molecule has 3 N–H and O–H groups in total. The van der Waals surface area contributed by atoms with Crippen molar-refractivity contribution >= 4 is 44.0 Å². The Morgan fingerprint density at radius 2 is 1.85 bits per heavy atom. The van der Waals surface area contributed by atoms with E-state index in [4.69, 9.17) is 0 Å². The average molecular weight is 512 g/mol. The molecule has 1 aliphatic carbocycles. The Balaban J connectivity index is 1.87. The van der Waals surface area contributed by atoms with Crippen LogP contribution < -0.4 is 10.0 Å². The maximum absolute atomic E-state index is 14.3. The van der Waals surface area contributed by atoms with Crippen LogP contribution in [0.4, 0.5) is 24.5 Å². The van der Waals surface area contributed by atoms with Gasteiger partial charge in [-0.3, -0.25) is 0 Å². The number of benzene rings is 2. The molecule has 0 amide bonds. The van der Waals surface area contributed by atoms with Crippen molar-refractivity contribution in [1.82, 2.24) is 4.72 Å². The minimum Gasteiger partial charge on any atom is -0.387 e. The lowest BCUT2D eigenvalue weighted by Crippen LogP contribution is -2.31. The Labute approximate surface area is 168 Å². The van der Waals surface area contributed by atoms with E-state index in [-0.39, 0.29) is 11.3 Å². The predicted molar refractivity (Wildman–Crippen MR) is 104 cm³/mol. The SMILES string of the molecule is O=S(=O)(NCC(O)c1ccc(F)c(F)c1Nc1ccc(I)cc1F)C1CC1. The van der Waals surface area contributed by atoms with Crippen LogP contribution in [0.2, 0.25) is 0 Å². The topological polar surface area (TPSA) is 78.4 Å². The first-order valence-corrected chi connectivity index (χ1v) is 10.7. The molecule has 1 saturated carbocycles. The lowest BCUT2D eigenvalue weighted by Gasteiger charge is -2.19. The highest BCUT2D eigenvalue weighted by Gasteiger charge is 2.36. The van der Waals surface area contributed by atoms with Gasteiger partial charge in [-0.15, -0.1) is 0 Å². The third kappa shape index (κ3) is 4.73. The maximum Gasteiger partial charge on any atom is 0.214 e. The van der Waals surface area contributed by atoms with Gasteiger partial charge in [0.15, 0.2) is 11.6 Å². The van der Waals surface area contributed by atoms with E-state index in [0.29, 0.717) is 16.4 Å². The molecule has 27 heavy (non-hydrogen) atoms. The van der Waals surface area contributed by atoms with Crippen LogP contribution in [0.1, 0.15) is 24.5 Å². The van der Waals surface area contributed by atoms with Crippen LogP contribution in [0, 0.1) is 21.0 Å². The molecule has 1 fully saturated rings. The Morgan fingerprint density at radius 3 is 2.48 bits per heavy atom. The van der Waals surface area contributed by atoms with E-state index < -0.39 is 51.1 Å². The van der Waals surface area contributed by atoms with Crippen LogP contribution >= 0.6 is 22.6 Å². The number of aliphatic hydroxyl groups excluding tert-OH is 1. The monoisotopic (exact) mass is 512 g/mol. The zero-order chi connectivity index (χ0) is 19.8. The van der Waals surface area contributed by atoms with Crippen LogP contribution in [-0.2, 0) is 10.0 Å². The van der Waals surface area contributed by atoms with E-state index in [2.05, 4.69) is 10.0 Å². The molecule has 0 aromatic heterocycles. The van der Waals surface area contributed by atoms with Crippen LogP contribution in [0.3, 0.4) is 0 Å². The van der Waals surface area contributed by atoms with E-state index >= 15 is 0 Å². The van der Waals surface area contributed by atoms with Crippen LogP contribution in [0.25, 0.3) is 0 Å². The average Bonchev–Trinajstić information content (AvgIpc) is 3.45. The predicted octanol–water partition coefficient (Wildman–Crippen LogP) is 3.57. The first kappa shape index (κ1) is 20.4. The Kier molecular flexibility index (Phi) is 5.99. The van der Waals surface area contributed by atoms with E-state index in [9.17, 15) is 26.7 Å². The molecule has 3 rings (SSSR count). The van der Waals surface area contributed by atoms with Gasteiger partial charge in [-0.2, -0.15) is 0 Å². The number of hydrogen-bond acceptors (Lipinski definition) is 4. The number of sulfonamides is 1. The molecule has 1 atom stereocenters. The first-order valence-electron chi connectivity index (χ1n) is 8.05. The number of anilines is 2. The number of halogens is 4. The van der Waals surface area contributed by atoms with Crippen molar-refractivity contribution in [2.24, 2.45) is 0 Å². The quantitative estimate of drug-likeness (QED) is 0.496. The fourth-order valence-electron chi connectivity index (χ4n) is 2.50. The summed E-state index contributed by atoms with van der Waals surface area (Å²) in [5.74, 6) is -3.16. The molecule has 0 aliphatic heterocycles. The first-order chi connectivity index (χ1) is 12.7. The van der Waals surface area contributed by atoms with E-state index in [0.717, 1.165) is 12.1 Å². The largest absolute Gasteiger partial charge is 0.387 e. The van der Waals surface area contributed by atoms with Crippen molar-refractivity contribution in [3.63, 3.8) is 0 Å². The standard InChI is InChI=1S/C17H16F3IN2O3S/c18-12-5-4-11(15(24)8-22-27(25,26)10-2-3-10)17(16(12)20)23-14-6-1-9(21)7-13(14)19/h1,4-7,10,15,22-24H,2-3,8H2. The molecule has 2 aromatic carbocycles. The van der Waals surface area contributed by atoms with Gasteiger partial charge in [0, 0.05) is 15.7 Å². The molecule has 1 aliphatic rings. The minimum absolute atomic E-state index is 0.0923. The number of nitrogens with one attached hydrogen (secondary N) is 2. The zero-order valence-electron chi connectivity index (χ0n) is 13.8. The lowest BCUT2D eigenvalue weighted by molar-refractivity contribution is 0.182. The molecular formula is C17H16F3IN2O3S. The summed E-state index contributed by atoms with van der Waals surface area (Å²) in [4.78, 5) is 0. The molecule has 5 nitrogen and oxygen atoms in total. The maximum atomic E-state index is 14.3. The van der Waals surface area contributed by atoms with Crippen molar-refractivity contribution in [3.05, 3.63) is 56.9 Å². The number of aliphatic hydroxyl groups is 1. The summed E-state index contributed by atoms with van der Waals surface area (Å²) in [6, 6.07) is 6.08. The van der Waals surface area contributed by atoms with Gasteiger partial charge in [0.25, 0.3) is 0 Å². The third-order valence-corrected chi connectivity index (χ3v) is 6.71. The molecule has 0 heterocycles. The van der Waals surface area contributed by atoms with Crippen LogP contribution in [0.5, 0.6) is 0 Å². The summed E-state index contributed by atoms with van der Waals surface area (Å²) < 4.78 is 68.7. The van der Waals surface area contributed by atoms with Gasteiger partial charge in [-0.25, -0.2) is 26.3 Å². The van der Waals surface area contributed by atoms with Crippen molar-refractivity contribution in [2.75, 3.05) is 11.9 Å². The molecule has 0 radical (unpaired) electrons. The highest BCUT2D eigenvalue weighted by atomic mass is 127. The summed E-state index contributed by atoms with van der Waals surface area (Å²) in [5.41, 5.74) is -0.648. The van der Waals surface area contributed by atoms with Gasteiger partial charge in [-0.1, -0.05) is 6.07 Å². The fourth-order valence-corrected chi connectivity index (χ4v) is 4.33. The Hall–Kier alpha value is -1.37. The summed E-state index contributed by atoms with van der Waals surface area (Å²) in [6.45, 7) is -0.409. The van der Waals surface area contributed by atoms with Crippen molar-refractivity contribution in [1.29, 1.82) is 0 Å². The van der Waals surface area contributed by atoms with Gasteiger partial charge in [0.2, 0.25) is 10.0 Å². The molecule has 0 saturated heterocycles. The van der Waals surface area contributed by atoms with Gasteiger partial charge in [0.05, 0.1) is 22.7 Å². The van der Waals surface area contributed by atoms with Gasteiger partial charge >= 0.3 is 0 Å². The van der Waals surface area contributed by atoms with Crippen molar-refractivity contribution < 1.29 is 26.7 Å². The van der Waals surface area contributed by atoms with Gasteiger partial charge in [-0.05, 0) is 59.7 Å². The fraction of sp³-hybridized carbons (Fsp3) is 0.294. The molecule has 1 unspecified atom stereocenters. The van der Waals surface area contributed by atoms with Gasteiger partial charge in [0.1, 0.15) is 5.82 Å². The second kappa shape index (κ2) is 7.94. The summed E-state index contributed by atoms with van der Waals surface area (Å²) in [6.07, 6.45) is -0.353. The molecule has 146 valence electrons. The second-order valence-electron chi connectivity index (χ2n) is 6.18. The molecule has 0 spiro atoms. The van der Waals surface area contributed by atoms with E-state index in [1.165, 1.54) is 12.1 Å². The van der Waals surface area contributed by atoms with Crippen LogP contribution in [-0.4, -0.2) is 25.3 Å². The molecule has 0 bridgehead atoms. The normalized spacial score (nSPS) is 15.6. The van der Waals surface area contributed by atoms with Crippen molar-refractivity contribution in [2.45, 2.75) is 24.2 Å². The molecule has 2 aromatic rings. The second-order valence-corrected chi connectivity index (χ2v) is 9.47. The van der Waals surface area contributed by atoms with Crippen molar-refractivity contribution in [3.8, 4) is 0 Å².